The minimum atomic E-state index is 0.520. The molecule has 1 rings (SSSR count). The molecule has 1 saturated heterocycles. The Balaban J connectivity index is 2.22. The van der Waals surface area contributed by atoms with Crippen LogP contribution in [0, 0.1) is 5.92 Å². The van der Waals surface area contributed by atoms with Crippen LogP contribution >= 0.6 is 0 Å². The van der Waals surface area contributed by atoms with Crippen molar-refractivity contribution in [1.29, 1.82) is 0 Å². The first-order chi connectivity index (χ1) is 8.24. The fourth-order valence-corrected chi connectivity index (χ4v) is 2.61. The second kappa shape index (κ2) is 8.93. The smallest absolute Gasteiger partial charge is 0.0615 e. The Morgan fingerprint density at radius 3 is 2.76 bits per heavy atom. The number of hydrogen-bond donors (Lipinski definition) is 1. The lowest BCUT2D eigenvalue weighted by Gasteiger charge is -2.32. The molecule has 2 unspecified atom stereocenters. The van der Waals surface area contributed by atoms with Gasteiger partial charge in [-0.1, -0.05) is 46.5 Å². The highest BCUT2D eigenvalue weighted by molar-refractivity contribution is 4.77. The molecule has 1 fully saturated rings. The van der Waals surface area contributed by atoms with E-state index >= 15 is 0 Å². The highest BCUT2D eigenvalue weighted by atomic mass is 16.5. The highest BCUT2D eigenvalue weighted by Gasteiger charge is 2.25. The van der Waals surface area contributed by atoms with Crippen molar-refractivity contribution < 1.29 is 4.74 Å². The number of hydrogen-bond acceptors (Lipinski definition) is 2. The molecule has 0 radical (unpaired) electrons. The SMILES string of the molecule is CCCCCCC1OCCCC1CNC(C)C. The predicted molar refractivity (Wildman–Crippen MR) is 74.4 cm³/mol. The van der Waals surface area contributed by atoms with Gasteiger partial charge in [-0.15, -0.1) is 0 Å². The summed E-state index contributed by atoms with van der Waals surface area (Å²) in [5, 5.41) is 3.57. The summed E-state index contributed by atoms with van der Waals surface area (Å²) in [6.45, 7) is 8.83. The fraction of sp³-hybridized carbons (Fsp3) is 1.00. The van der Waals surface area contributed by atoms with Crippen molar-refractivity contribution in [1.82, 2.24) is 5.32 Å². The standard InChI is InChI=1S/C15H31NO/c1-4-5-6-7-10-15-14(9-8-11-17-15)12-16-13(2)3/h13-16H,4-12H2,1-3H3. The lowest BCUT2D eigenvalue weighted by Crippen LogP contribution is -2.38. The zero-order chi connectivity index (χ0) is 12.5. The van der Waals surface area contributed by atoms with Crippen LogP contribution in [0.2, 0.25) is 0 Å². The molecule has 2 atom stereocenters. The molecule has 0 aliphatic carbocycles. The summed E-state index contributed by atoms with van der Waals surface area (Å²) >= 11 is 0. The van der Waals surface area contributed by atoms with E-state index in [0.717, 1.165) is 19.1 Å². The van der Waals surface area contributed by atoms with Crippen LogP contribution in [0.15, 0.2) is 0 Å². The quantitative estimate of drug-likeness (QED) is 0.653. The third-order valence-corrected chi connectivity index (χ3v) is 3.71. The Bertz CT molecular complexity index is 182. The first-order valence-electron chi connectivity index (χ1n) is 7.59. The monoisotopic (exact) mass is 241 g/mol. The number of ether oxygens (including phenoxy) is 1. The second-order valence-corrected chi connectivity index (χ2v) is 5.72. The van der Waals surface area contributed by atoms with Crippen LogP contribution < -0.4 is 5.32 Å². The molecule has 0 bridgehead atoms. The fourth-order valence-electron chi connectivity index (χ4n) is 2.61. The zero-order valence-corrected chi connectivity index (χ0v) is 12.0. The summed E-state index contributed by atoms with van der Waals surface area (Å²) in [5.74, 6) is 0.743. The summed E-state index contributed by atoms with van der Waals surface area (Å²) in [6.07, 6.45) is 9.80. The average Bonchev–Trinajstić information content (AvgIpc) is 2.33. The molecule has 2 heteroatoms. The van der Waals surface area contributed by atoms with Gasteiger partial charge in [0.15, 0.2) is 0 Å². The van der Waals surface area contributed by atoms with Crippen LogP contribution in [0.4, 0.5) is 0 Å². The molecule has 0 aromatic heterocycles. The zero-order valence-electron chi connectivity index (χ0n) is 12.0. The first-order valence-corrected chi connectivity index (χ1v) is 7.59. The van der Waals surface area contributed by atoms with Gasteiger partial charge in [0.05, 0.1) is 6.10 Å². The molecule has 1 aliphatic heterocycles. The van der Waals surface area contributed by atoms with E-state index in [1.54, 1.807) is 0 Å². The highest BCUT2D eigenvalue weighted by Crippen LogP contribution is 2.24. The molecule has 1 N–H and O–H groups in total. The van der Waals surface area contributed by atoms with Gasteiger partial charge in [-0.2, -0.15) is 0 Å². The van der Waals surface area contributed by atoms with E-state index in [9.17, 15) is 0 Å². The van der Waals surface area contributed by atoms with Crippen molar-refractivity contribution in [2.24, 2.45) is 5.92 Å². The van der Waals surface area contributed by atoms with Crippen LogP contribution in [-0.2, 0) is 4.74 Å². The van der Waals surface area contributed by atoms with Crippen LogP contribution in [0.25, 0.3) is 0 Å². The Hall–Kier alpha value is -0.0800. The molecular formula is C15H31NO. The van der Waals surface area contributed by atoms with E-state index < -0.39 is 0 Å². The molecule has 17 heavy (non-hydrogen) atoms. The van der Waals surface area contributed by atoms with Gasteiger partial charge in [0.2, 0.25) is 0 Å². The van der Waals surface area contributed by atoms with Gasteiger partial charge in [0.1, 0.15) is 0 Å². The van der Waals surface area contributed by atoms with E-state index in [1.165, 1.54) is 44.9 Å². The normalized spacial score (nSPS) is 25.4. The summed E-state index contributed by atoms with van der Waals surface area (Å²) < 4.78 is 5.96. The van der Waals surface area contributed by atoms with Crippen LogP contribution in [-0.4, -0.2) is 25.3 Å². The Morgan fingerprint density at radius 1 is 1.24 bits per heavy atom. The molecule has 0 saturated carbocycles. The molecule has 0 spiro atoms. The van der Waals surface area contributed by atoms with Gasteiger partial charge in [-0.05, 0) is 25.2 Å². The van der Waals surface area contributed by atoms with Gasteiger partial charge in [-0.3, -0.25) is 0 Å². The topological polar surface area (TPSA) is 21.3 Å². The average molecular weight is 241 g/mol. The van der Waals surface area contributed by atoms with Gasteiger partial charge >= 0.3 is 0 Å². The molecule has 1 aliphatic rings. The molecule has 2 nitrogen and oxygen atoms in total. The van der Waals surface area contributed by atoms with Crippen LogP contribution in [0.3, 0.4) is 0 Å². The van der Waals surface area contributed by atoms with Gasteiger partial charge in [0.25, 0.3) is 0 Å². The van der Waals surface area contributed by atoms with Crippen LogP contribution in [0.1, 0.15) is 65.7 Å². The maximum Gasteiger partial charge on any atom is 0.0615 e. The van der Waals surface area contributed by atoms with Crippen molar-refractivity contribution in [3.8, 4) is 0 Å². The van der Waals surface area contributed by atoms with Crippen molar-refractivity contribution in [2.75, 3.05) is 13.2 Å². The van der Waals surface area contributed by atoms with Crippen molar-refractivity contribution in [3.05, 3.63) is 0 Å². The minimum absolute atomic E-state index is 0.520. The molecule has 102 valence electrons. The van der Waals surface area contributed by atoms with E-state index in [0.29, 0.717) is 12.1 Å². The lowest BCUT2D eigenvalue weighted by molar-refractivity contribution is -0.0317. The molecule has 0 aromatic rings. The van der Waals surface area contributed by atoms with Gasteiger partial charge in [-0.25, -0.2) is 0 Å². The minimum Gasteiger partial charge on any atom is -0.378 e. The third-order valence-electron chi connectivity index (χ3n) is 3.71. The summed E-state index contributed by atoms with van der Waals surface area (Å²) in [4.78, 5) is 0. The van der Waals surface area contributed by atoms with Gasteiger partial charge < -0.3 is 10.1 Å². The van der Waals surface area contributed by atoms with Gasteiger partial charge in [0, 0.05) is 19.2 Å². The third kappa shape index (κ3) is 6.42. The first kappa shape index (κ1) is 15.0. The maximum atomic E-state index is 5.96. The summed E-state index contributed by atoms with van der Waals surface area (Å²) in [7, 11) is 0. The molecule has 1 heterocycles. The molecule has 0 amide bonds. The Morgan fingerprint density at radius 2 is 2.06 bits per heavy atom. The Kier molecular flexibility index (Phi) is 7.87. The van der Waals surface area contributed by atoms with Crippen LogP contribution in [0.5, 0.6) is 0 Å². The summed E-state index contributed by atoms with van der Waals surface area (Å²) in [5.41, 5.74) is 0. The number of rotatable bonds is 8. The van der Waals surface area contributed by atoms with Crippen molar-refractivity contribution in [2.45, 2.75) is 77.9 Å². The van der Waals surface area contributed by atoms with E-state index in [4.69, 9.17) is 4.74 Å². The molecular weight excluding hydrogens is 210 g/mol. The van der Waals surface area contributed by atoms with E-state index in [2.05, 4.69) is 26.1 Å². The predicted octanol–water partition coefficient (Wildman–Crippen LogP) is 3.75. The number of nitrogens with one attached hydrogen (secondary N) is 1. The largest absolute Gasteiger partial charge is 0.378 e. The van der Waals surface area contributed by atoms with E-state index in [-0.39, 0.29) is 0 Å². The maximum absolute atomic E-state index is 5.96. The van der Waals surface area contributed by atoms with E-state index in [1.807, 2.05) is 0 Å². The number of unbranched alkanes of at least 4 members (excludes halogenated alkanes) is 3. The van der Waals surface area contributed by atoms with Crippen molar-refractivity contribution in [3.63, 3.8) is 0 Å². The molecule has 0 aromatic carbocycles. The Labute approximate surface area is 108 Å². The second-order valence-electron chi connectivity index (χ2n) is 5.72. The summed E-state index contributed by atoms with van der Waals surface area (Å²) in [6, 6.07) is 0.595. The lowest BCUT2D eigenvalue weighted by atomic mass is 9.90. The van der Waals surface area contributed by atoms with Crippen molar-refractivity contribution >= 4 is 0 Å².